The third kappa shape index (κ3) is 2.46. The Morgan fingerprint density at radius 1 is 1.44 bits per heavy atom. The highest BCUT2D eigenvalue weighted by Gasteiger charge is 2.22. The van der Waals surface area contributed by atoms with Crippen LogP contribution in [0.5, 0.6) is 0 Å². The quantitative estimate of drug-likeness (QED) is 0.730. The molecule has 0 bridgehead atoms. The third-order valence-corrected chi connectivity index (χ3v) is 3.91. The summed E-state index contributed by atoms with van der Waals surface area (Å²) < 4.78 is 0. The van der Waals surface area contributed by atoms with Crippen LogP contribution in [0.25, 0.3) is 0 Å². The van der Waals surface area contributed by atoms with E-state index in [1.165, 1.54) is 18.5 Å². The van der Waals surface area contributed by atoms with Crippen molar-refractivity contribution >= 4 is 28.9 Å². The van der Waals surface area contributed by atoms with Crippen LogP contribution in [-0.4, -0.2) is 13.1 Å². The van der Waals surface area contributed by atoms with Crippen LogP contribution in [-0.2, 0) is 5.88 Å². The van der Waals surface area contributed by atoms with E-state index >= 15 is 0 Å². The molecule has 1 nitrogen and oxygen atoms in total. The molecule has 1 aliphatic heterocycles. The Balaban J connectivity index is 2.20. The minimum absolute atomic E-state index is 0.531. The van der Waals surface area contributed by atoms with E-state index in [1.807, 2.05) is 12.1 Å². The first kappa shape index (κ1) is 12.1. The number of hydrogen-bond donors (Lipinski definition) is 0. The maximum atomic E-state index is 5.98. The number of rotatable bonds is 3. The Hall–Kier alpha value is -0.400. The molecule has 1 aromatic carbocycles. The van der Waals surface area contributed by atoms with Gasteiger partial charge < -0.3 is 4.90 Å². The van der Waals surface area contributed by atoms with Gasteiger partial charge in [-0.3, -0.25) is 0 Å². The average Bonchev–Trinajstić information content (AvgIpc) is 2.77. The van der Waals surface area contributed by atoms with Gasteiger partial charge in [-0.15, -0.1) is 11.6 Å². The molecule has 1 saturated heterocycles. The van der Waals surface area contributed by atoms with Crippen molar-refractivity contribution in [2.45, 2.75) is 25.6 Å². The molecule has 1 aliphatic rings. The molecule has 0 aliphatic carbocycles. The fourth-order valence-electron chi connectivity index (χ4n) is 2.35. The SMILES string of the molecule is CCC1CCN(c2ccc(Cl)cc2CCl)C1. The van der Waals surface area contributed by atoms with E-state index in [4.69, 9.17) is 23.2 Å². The van der Waals surface area contributed by atoms with Crippen molar-refractivity contribution < 1.29 is 0 Å². The van der Waals surface area contributed by atoms with E-state index in [1.54, 1.807) is 0 Å². The summed E-state index contributed by atoms with van der Waals surface area (Å²) in [6.45, 7) is 4.56. The van der Waals surface area contributed by atoms with Gasteiger partial charge in [0.05, 0.1) is 0 Å². The van der Waals surface area contributed by atoms with Crippen LogP contribution < -0.4 is 4.90 Å². The Morgan fingerprint density at radius 3 is 2.88 bits per heavy atom. The first-order valence-electron chi connectivity index (χ1n) is 5.84. The fourth-order valence-corrected chi connectivity index (χ4v) is 2.76. The van der Waals surface area contributed by atoms with Gasteiger partial charge in [0.2, 0.25) is 0 Å². The van der Waals surface area contributed by atoms with E-state index in [9.17, 15) is 0 Å². The van der Waals surface area contributed by atoms with Gasteiger partial charge in [0, 0.05) is 29.7 Å². The van der Waals surface area contributed by atoms with Gasteiger partial charge in [0.15, 0.2) is 0 Å². The first-order chi connectivity index (χ1) is 7.74. The number of alkyl halides is 1. The second-order valence-electron chi connectivity index (χ2n) is 4.42. The molecule has 1 atom stereocenters. The molecule has 1 heterocycles. The molecule has 3 heteroatoms. The predicted molar refractivity (Wildman–Crippen MR) is 71.6 cm³/mol. The third-order valence-electron chi connectivity index (χ3n) is 3.39. The zero-order chi connectivity index (χ0) is 11.5. The van der Waals surface area contributed by atoms with Crippen LogP contribution in [0.2, 0.25) is 5.02 Å². The van der Waals surface area contributed by atoms with Crippen molar-refractivity contribution in [2.24, 2.45) is 5.92 Å². The monoisotopic (exact) mass is 257 g/mol. The Labute approximate surface area is 107 Å². The molecule has 0 aromatic heterocycles. The van der Waals surface area contributed by atoms with Crippen LogP contribution in [0, 0.1) is 5.92 Å². The van der Waals surface area contributed by atoms with Crippen molar-refractivity contribution in [2.75, 3.05) is 18.0 Å². The van der Waals surface area contributed by atoms with Crippen LogP contribution in [0.1, 0.15) is 25.3 Å². The maximum absolute atomic E-state index is 5.98. The van der Waals surface area contributed by atoms with Crippen LogP contribution in [0.3, 0.4) is 0 Å². The number of anilines is 1. The number of hydrogen-bond acceptors (Lipinski definition) is 1. The fraction of sp³-hybridized carbons (Fsp3) is 0.538. The molecule has 0 radical (unpaired) electrons. The lowest BCUT2D eigenvalue weighted by Crippen LogP contribution is -2.20. The lowest BCUT2D eigenvalue weighted by atomic mass is 10.1. The summed E-state index contributed by atoms with van der Waals surface area (Å²) in [5.74, 6) is 1.36. The number of halogens is 2. The second kappa shape index (κ2) is 5.29. The van der Waals surface area contributed by atoms with Gasteiger partial charge in [-0.2, -0.15) is 0 Å². The van der Waals surface area contributed by atoms with Crippen LogP contribution >= 0.6 is 23.2 Å². The van der Waals surface area contributed by atoms with Crippen molar-refractivity contribution in [3.05, 3.63) is 28.8 Å². The summed E-state index contributed by atoms with van der Waals surface area (Å²) in [5.41, 5.74) is 2.40. The smallest absolute Gasteiger partial charge is 0.0495 e. The van der Waals surface area contributed by atoms with Gasteiger partial charge in [-0.05, 0) is 36.1 Å². The predicted octanol–water partition coefficient (Wildman–Crippen LogP) is 4.32. The van der Waals surface area contributed by atoms with Crippen molar-refractivity contribution in [3.8, 4) is 0 Å². The molecule has 1 unspecified atom stereocenters. The summed E-state index contributed by atoms with van der Waals surface area (Å²) in [6, 6.07) is 6.02. The van der Waals surface area contributed by atoms with E-state index in [2.05, 4.69) is 17.9 Å². The normalized spacial score (nSPS) is 20.4. The van der Waals surface area contributed by atoms with E-state index < -0.39 is 0 Å². The zero-order valence-corrected chi connectivity index (χ0v) is 11.1. The van der Waals surface area contributed by atoms with E-state index in [-0.39, 0.29) is 0 Å². The van der Waals surface area contributed by atoms with Gasteiger partial charge in [-0.1, -0.05) is 24.9 Å². The van der Waals surface area contributed by atoms with E-state index in [0.717, 1.165) is 29.6 Å². The minimum Gasteiger partial charge on any atom is -0.371 e. The molecule has 0 spiro atoms. The number of nitrogens with zero attached hydrogens (tertiary/aromatic N) is 1. The van der Waals surface area contributed by atoms with Gasteiger partial charge in [0.1, 0.15) is 0 Å². The molecule has 88 valence electrons. The Bertz CT molecular complexity index is 365. The molecule has 1 aromatic rings. The molecule has 2 rings (SSSR count). The topological polar surface area (TPSA) is 3.24 Å². The van der Waals surface area contributed by atoms with Gasteiger partial charge >= 0.3 is 0 Å². The van der Waals surface area contributed by atoms with Crippen molar-refractivity contribution in [1.29, 1.82) is 0 Å². The van der Waals surface area contributed by atoms with Gasteiger partial charge in [0.25, 0.3) is 0 Å². The minimum atomic E-state index is 0.531. The van der Waals surface area contributed by atoms with Crippen molar-refractivity contribution in [3.63, 3.8) is 0 Å². The van der Waals surface area contributed by atoms with Crippen molar-refractivity contribution in [1.82, 2.24) is 0 Å². The van der Waals surface area contributed by atoms with E-state index in [0.29, 0.717) is 5.88 Å². The largest absolute Gasteiger partial charge is 0.371 e. The first-order valence-corrected chi connectivity index (χ1v) is 6.75. The summed E-state index contributed by atoms with van der Waals surface area (Å²) in [4.78, 5) is 2.43. The highest BCUT2D eigenvalue weighted by molar-refractivity contribution is 6.30. The maximum Gasteiger partial charge on any atom is 0.0495 e. The average molecular weight is 258 g/mol. The number of benzene rings is 1. The standard InChI is InChI=1S/C13H17Cl2N/c1-2-10-5-6-16(9-10)13-4-3-12(15)7-11(13)8-14/h3-4,7,10H,2,5-6,8-9H2,1H3. The Morgan fingerprint density at radius 2 is 2.25 bits per heavy atom. The lowest BCUT2D eigenvalue weighted by Gasteiger charge is -2.21. The molecular weight excluding hydrogens is 241 g/mol. The molecule has 0 amide bonds. The lowest BCUT2D eigenvalue weighted by molar-refractivity contribution is 0.569. The van der Waals surface area contributed by atoms with Crippen LogP contribution in [0.4, 0.5) is 5.69 Å². The molecule has 0 N–H and O–H groups in total. The summed E-state index contributed by atoms with van der Waals surface area (Å²) >= 11 is 11.9. The molecule has 0 saturated carbocycles. The zero-order valence-electron chi connectivity index (χ0n) is 9.55. The molecule has 16 heavy (non-hydrogen) atoms. The summed E-state index contributed by atoms with van der Waals surface area (Å²) in [5, 5.41) is 0.769. The highest BCUT2D eigenvalue weighted by Crippen LogP contribution is 2.30. The Kier molecular flexibility index (Phi) is 3.99. The molecular formula is C13H17Cl2N. The van der Waals surface area contributed by atoms with Gasteiger partial charge in [-0.25, -0.2) is 0 Å². The van der Waals surface area contributed by atoms with Crippen LogP contribution in [0.15, 0.2) is 18.2 Å². The second-order valence-corrected chi connectivity index (χ2v) is 5.12. The summed E-state index contributed by atoms with van der Waals surface area (Å²) in [6.07, 6.45) is 2.56. The molecule has 1 fully saturated rings. The highest BCUT2D eigenvalue weighted by atomic mass is 35.5. The summed E-state index contributed by atoms with van der Waals surface area (Å²) in [7, 11) is 0.